The van der Waals surface area contributed by atoms with E-state index in [4.69, 9.17) is 0 Å². The van der Waals surface area contributed by atoms with Crippen molar-refractivity contribution in [2.45, 2.75) is 20.3 Å². The molecule has 3 rings (SSSR count). The molecule has 0 aromatic carbocycles. The zero-order valence-electron chi connectivity index (χ0n) is 10.1. The summed E-state index contributed by atoms with van der Waals surface area (Å²) in [5, 5.41) is 6.37. The minimum Gasteiger partial charge on any atom is -0.288 e. The van der Waals surface area contributed by atoms with E-state index in [-0.39, 0.29) is 5.69 Å². The Labute approximate surface area is 102 Å². The Kier molecular flexibility index (Phi) is 2.26. The third kappa shape index (κ3) is 1.44. The molecule has 18 heavy (non-hydrogen) atoms. The molecule has 0 amide bonds. The molecule has 0 unspecified atom stereocenters. The predicted octanol–water partition coefficient (Wildman–Crippen LogP) is 0.474. The van der Waals surface area contributed by atoms with Gasteiger partial charge in [0, 0.05) is 24.9 Å². The molecule has 0 atom stereocenters. The molecule has 3 aromatic heterocycles. The molecule has 0 aliphatic rings. The van der Waals surface area contributed by atoms with Gasteiger partial charge in [-0.2, -0.15) is 5.10 Å². The van der Waals surface area contributed by atoms with Crippen LogP contribution in [-0.2, 0) is 6.42 Å². The molecule has 0 radical (unpaired) electrons. The monoisotopic (exact) mass is 244 g/mol. The Morgan fingerprint density at radius 3 is 3.06 bits per heavy atom. The average Bonchev–Trinajstić information content (AvgIpc) is 2.95. The van der Waals surface area contributed by atoms with Gasteiger partial charge in [0.15, 0.2) is 5.65 Å². The van der Waals surface area contributed by atoms with Gasteiger partial charge in [-0.1, -0.05) is 6.92 Å². The van der Waals surface area contributed by atoms with Crippen LogP contribution < -0.4 is 5.69 Å². The molecule has 3 aromatic rings. The van der Waals surface area contributed by atoms with Gasteiger partial charge in [0.25, 0.3) is 0 Å². The lowest BCUT2D eigenvalue weighted by atomic mass is 10.4. The quantitative estimate of drug-likeness (QED) is 0.710. The summed E-state index contributed by atoms with van der Waals surface area (Å²) in [4.78, 5) is 20.2. The van der Waals surface area contributed by atoms with Gasteiger partial charge in [0.2, 0.25) is 0 Å². The molecule has 0 saturated heterocycles. The number of hydrogen-bond donors (Lipinski definition) is 1. The molecule has 0 fully saturated rings. The van der Waals surface area contributed by atoms with Crippen LogP contribution in [0, 0.1) is 6.92 Å². The van der Waals surface area contributed by atoms with Crippen LogP contribution >= 0.6 is 0 Å². The largest absolute Gasteiger partial charge is 0.349 e. The standard InChI is InChI=1S/C11H12N6O/c1-3-8-12-4-5-16(8)9-6-10-14-15-11(18)17(10)7(2)13-9/h4-6H,3H2,1-2H3,(H,15,18). The van der Waals surface area contributed by atoms with Crippen molar-refractivity contribution in [3.8, 4) is 5.82 Å². The van der Waals surface area contributed by atoms with Gasteiger partial charge < -0.3 is 0 Å². The fourth-order valence-electron chi connectivity index (χ4n) is 2.01. The number of H-pyrrole nitrogens is 1. The number of aromatic nitrogens is 6. The van der Waals surface area contributed by atoms with Crippen molar-refractivity contribution in [3.63, 3.8) is 0 Å². The maximum Gasteiger partial charge on any atom is 0.349 e. The van der Waals surface area contributed by atoms with Gasteiger partial charge >= 0.3 is 5.69 Å². The van der Waals surface area contributed by atoms with Gasteiger partial charge in [-0.25, -0.2) is 24.3 Å². The Morgan fingerprint density at radius 2 is 2.28 bits per heavy atom. The van der Waals surface area contributed by atoms with Gasteiger partial charge in [-0.15, -0.1) is 0 Å². The number of aromatic amines is 1. The SMILES string of the molecule is CCc1nccn1-c1cc2n[nH]c(=O)n2c(C)n1. The van der Waals surface area contributed by atoms with Crippen molar-refractivity contribution in [1.29, 1.82) is 0 Å². The highest BCUT2D eigenvalue weighted by Crippen LogP contribution is 2.11. The smallest absolute Gasteiger partial charge is 0.288 e. The minimum atomic E-state index is -0.275. The third-order valence-corrected chi connectivity index (χ3v) is 2.84. The second kappa shape index (κ2) is 3.80. The molecular formula is C11H12N6O. The number of fused-ring (bicyclic) bond motifs is 1. The van der Waals surface area contributed by atoms with E-state index in [1.807, 2.05) is 17.7 Å². The first-order valence-corrected chi connectivity index (χ1v) is 5.68. The van der Waals surface area contributed by atoms with Crippen molar-refractivity contribution < 1.29 is 0 Å². The number of aryl methyl sites for hydroxylation is 2. The summed E-state index contributed by atoms with van der Waals surface area (Å²) in [5.74, 6) is 2.23. The maximum atomic E-state index is 11.5. The van der Waals surface area contributed by atoms with Crippen LogP contribution in [0.15, 0.2) is 23.3 Å². The molecule has 1 N–H and O–H groups in total. The average molecular weight is 244 g/mol. The van der Waals surface area contributed by atoms with Crippen LogP contribution in [0.25, 0.3) is 11.5 Å². The van der Waals surface area contributed by atoms with Crippen molar-refractivity contribution >= 4 is 5.65 Å². The van der Waals surface area contributed by atoms with E-state index in [1.54, 1.807) is 19.2 Å². The summed E-state index contributed by atoms with van der Waals surface area (Å²) in [6.07, 6.45) is 4.39. The van der Waals surface area contributed by atoms with E-state index in [0.29, 0.717) is 17.3 Å². The number of hydrogen-bond acceptors (Lipinski definition) is 4. The highest BCUT2D eigenvalue weighted by Gasteiger charge is 2.10. The Morgan fingerprint density at radius 1 is 1.44 bits per heavy atom. The number of nitrogens with one attached hydrogen (secondary N) is 1. The van der Waals surface area contributed by atoms with Crippen molar-refractivity contribution in [1.82, 2.24) is 29.1 Å². The van der Waals surface area contributed by atoms with Crippen LogP contribution in [0.3, 0.4) is 0 Å². The van der Waals surface area contributed by atoms with Crippen LogP contribution in [0.4, 0.5) is 0 Å². The van der Waals surface area contributed by atoms with Gasteiger partial charge in [0.1, 0.15) is 17.5 Å². The van der Waals surface area contributed by atoms with E-state index in [0.717, 1.165) is 12.2 Å². The summed E-state index contributed by atoms with van der Waals surface area (Å²) in [6.45, 7) is 3.80. The first-order valence-electron chi connectivity index (χ1n) is 5.68. The van der Waals surface area contributed by atoms with Gasteiger partial charge in [0.05, 0.1) is 0 Å². The Balaban J connectivity index is 2.28. The molecule has 7 heteroatoms. The van der Waals surface area contributed by atoms with E-state index < -0.39 is 0 Å². The molecule has 0 saturated carbocycles. The van der Waals surface area contributed by atoms with Crippen molar-refractivity contribution in [2.24, 2.45) is 0 Å². The fourth-order valence-corrected chi connectivity index (χ4v) is 2.01. The minimum absolute atomic E-state index is 0.275. The first kappa shape index (κ1) is 10.7. The molecule has 3 heterocycles. The van der Waals surface area contributed by atoms with Crippen molar-refractivity contribution in [2.75, 3.05) is 0 Å². The summed E-state index contributed by atoms with van der Waals surface area (Å²) in [6, 6.07) is 1.76. The lowest BCUT2D eigenvalue weighted by molar-refractivity contribution is 0.840. The predicted molar refractivity (Wildman–Crippen MR) is 64.8 cm³/mol. The normalized spacial score (nSPS) is 11.2. The second-order valence-electron chi connectivity index (χ2n) is 3.95. The number of nitrogens with zero attached hydrogens (tertiary/aromatic N) is 5. The fraction of sp³-hybridized carbons (Fsp3) is 0.273. The molecule has 0 bridgehead atoms. The van der Waals surface area contributed by atoms with Gasteiger partial charge in [-0.05, 0) is 6.92 Å². The van der Waals surface area contributed by atoms with Crippen LogP contribution in [0.2, 0.25) is 0 Å². The highest BCUT2D eigenvalue weighted by molar-refractivity contribution is 5.44. The van der Waals surface area contributed by atoms with Crippen LogP contribution in [0.5, 0.6) is 0 Å². The van der Waals surface area contributed by atoms with Crippen molar-refractivity contribution in [3.05, 3.63) is 40.6 Å². The van der Waals surface area contributed by atoms with E-state index >= 15 is 0 Å². The molecular weight excluding hydrogens is 232 g/mol. The molecule has 0 aliphatic carbocycles. The van der Waals surface area contributed by atoms with E-state index in [2.05, 4.69) is 20.2 Å². The Bertz CT molecular complexity index is 765. The maximum absolute atomic E-state index is 11.5. The van der Waals surface area contributed by atoms with Crippen LogP contribution in [-0.4, -0.2) is 29.1 Å². The lowest BCUT2D eigenvalue weighted by Crippen LogP contribution is -2.14. The summed E-state index contributed by atoms with van der Waals surface area (Å²) in [7, 11) is 0. The third-order valence-electron chi connectivity index (χ3n) is 2.84. The number of imidazole rings is 1. The first-order chi connectivity index (χ1) is 8.70. The molecule has 92 valence electrons. The second-order valence-corrected chi connectivity index (χ2v) is 3.95. The number of rotatable bonds is 2. The molecule has 0 spiro atoms. The lowest BCUT2D eigenvalue weighted by Gasteiger charge is -2.07. The zero-order valence-corrected chi connectivity index (χ0v) is 10.1. The van der Waals surface area contributed by atoms with E-state index in [9.17, 15) is 4.79 Å². The van der Waals surface area contributed by atoms with E-state index in [1.165, 1.54) is 4.40 Å². The molecule has 0 aliphatic heterocycles. The Hall–Kier alpha value is -2.44. The van der Waals surface area contributed by atoms with Crippen LogP contribution in [0.1, 0.15) is 18.6 Å². The summed E-state index contributed by atoms with van der Waals surface area (Å²) in [5.41, 5.74) is 0.279. The highest BCUT2D eigenvalue weighted by atomic mass is 16.1. The van der Waals surface area contributed by atoms with Gasteiger partial charge in [-0.3, -0.25) is 4.57 Å². The molecule has 7 nitrogen and oxygen atoms in total. The summed E-state index contributed by atoms with van der Waals surface area (Å²) < 4.78 is 3.33. The zero-order chi connectivity index (χ0) is 12.7. The summed E-state index contributed by atoms with van der Waals surface area (Å²) >= 11 is 0. The topological polar surface area (TPSA) is 80.9 Å².